The molecule has 102 valence electrons. The normalized spacial score (nSPS) is 13.8. The Bertz CT molecular complexity index is 728. The molecule has 3 nitrogen and oxygen atoms in total. The third kappa shape index (κ3) is 2.09. The fraction of sp³-hybridized carbons (Fsp3) is 0.294. The van der Waals surface area contributed by atoms with Crippen molar-refractivity contribution in [1.29, 1.82) is 0 Å². The van der Waals surface area contributed by atoms with Crippen LogP contribution in [0.2, 0.25) is 0 Å². The minimum absolute atomic E-state index is 0.203. The van der Waals surface area contributed by atoms with E-state index in [9.17, 15) is 9.59 Å². The summed E-state index contributed by atoms with van der Waals surface area (Å²) in [6.45, 7) is 0. The van der Waals surface area contributed by atoms with Gasteiger partial charge in [0.05, 0.1) is 11.3 Å². The maximum atomic E-state index is 12.0. The van der Waals surface area contributed by atoms with Crippen LogP contribution in [0.1, 0.15) is 34.3 Å². The van der Waals surface area contributed by atoms with Crippen LogP contribution in [0, 0.1) is 0 Å². The lowest BCUT2D eigenvalue weighted by Gasteiger charge is -2.17. The van der Waals surface area contributed by atoms with Gasteiger partial charge in [0.2, 0.25) is 0 Å². The average molecular weight is 267 g/mol. The molecule has 0 radical (unpaired) electrons. The van der Waals surface area contributed by atoms with Gasteiger partial charge in [-0.25, -0.2) is 0 Å². The molecular formula is C17H17NO2. The van der Waals surface area contributed by atoms with E-state index in [1.807, 2.05) is 6.07 Å². The molecule has 3 heteroatoms. The third-order valence-electron chi connectivity index (χ3n) is 4.10. The van der Waals surface area contributed by atoms with E-state index in [-0.39, 0.29) is 11.1 Å². The monoisotopic (exact) mass is 267 g/mol. The van der Waals surface area contributed by atoms with Gasteiger partial charge in [0.25, 0.3) is 5.56 Å². The second-order valence-electron chi connectivity index (χ2n) is 5.35. The fourth-order valence-electron chi connectivity index (χ4n) is 2.93. The van der Waals surface area contributed by atoms with E-state index in [2.05, 4.69) is 18.2 Å². The van der Waals surface area contributed by atoms with Gasteiger partial charge in [0.15, 0.2) is 6.29 Å². The number of aldehydes is 1. The first kappa shape index (κ1) is 12.9. The average Bonchev–Trinajstić information content (AvgIpc) is 2.49. The van der Waals surface area contributed by atoms with Crippen LogP contribution in [0.25, 0.3) is 11.3 Å². The SMILES string of the molecule is Cn1c(-c2ccc3c(c2)CCCC3)ccc(C=O)c1=O. The number of rotatable bonds is 2. The highest BCUT2D eigenvalue weighted by Crippen LogP contribution is 2.26. The van der Waals surface area contributed by atoms with Crippen LogP contribution >= 0.6 is 0 Å². The van der Waals surface area contributed by atoms with Gasteiger partial charge in [-0.05, 0) is 60.6 Å². The third-order valence-corrected chi connectivity index (χ3v) is 4.10. The summed E-state index contributed by atoms with van der Waals surface area (Å²) in [4.78, 5) is 22.8. The topological polar surface area (TPSA) is 39.1 Å². The molecule has 1 aromatic heterocycles. The highest BCUT2D eigenvalue weighted by Gasteiger charge is 2.12. The van der Waals surface area contributed by atoms with E-state index >= 15 is 0 Å². The Kier molecular flexibility index (Phi) is 3.26. The maximum absolute atomic E-state index is 12.0. The molecular weight excluding hydrogens is 250 g/mol. The molecule has 0 saturated carbocycles. The number of hydrogen-bond donors (Lipinski definition) is 0. The van der Waals surface area contributed by atoms with Gasteiger partial charge >= 0.3 is 0 Å². The van der Waals surface area contributed by atoms with Crippen molar-refractivity contribution in [1.82, 2.24) is 4.57 Å². The second kappa shape index (κ2) is 5.08. The Morgan fingerprint density at radius 1 is 1.05 bits per heavy atom. The molecule has 1 aliphatic rings. The number of carbonyl (C=O) groups is 1. The summed E-state index contributed by atoms with van der Waals surface area (Å²) >= 11 is 0. The molecule has 2 aromatic rings. The minimum Gasteiger partial charge on any atom is -0.311 e. The number of pyridine rings is 1. The van der Waals surface area contributed by atoms with E-state index in [1.165, 1.54) is 24.0 Å². The van der Waals surface area contributed by atoms with Crippen molar-refractivity contribution in [2.75, 3.05) is 0 Å². The van der Waals surface area contributed by atoms with Crippen LogP contribution in [-0.2, 0) is 19.9 Å². The number of aryl methyl sites for hydroxylation is 2. The highest BCUT2D eigenvalue weighted by atomic mass is 16.1. The zero-order chi connectivity index (χ0) is 14.1. The molecule has 1 aliphatic carbocycles. The molecule has 0 spiro atoms. The lowest BCUT2D eigenvalue weighted by atomic mass is 9.90. The number of hydrogen-bond acceptors (Lipinski definition) is 2. The van der Waals surface area contributed by atoms with Crippen molar-refractivity contribution in [2.24, 2.45) is 7.05 Å². The van der Waals surface area contributed by atoms with Gasteiger partial charge in [-0.15, -0.1) is 0 Å². The van der Waals surface area contributed by atoms with Gasteiger partial charge in [-0.1, -0.05) is 12.1 Å². The highest BCUT2D eigenvalue weighted by molar-refractivity contribution is 5.75. The van der Waals surface area contributed by atoms with Crippen molar-refractivity contribution in [3.8, 4) is 11.3 Å². The first-order chi connectivity index (χ1) is 9.70. The van der Waals surface area contributed by atoms with Crippen molar-refractivity contribution in [2.45, 2.75) is 25.7 Å². The standard InChI is InChI=1S/C17H17NO2/c1-18-16(9-8-15(11-19)17(18)20)14-7-6-12-4-2-3-5-13(12)10-14/h6-11H,2-5H2,1H3. The van der Waals surface area contributed by atoms with Crippen molar-refractivity contribution >= 4 is 6.29 Å². The summed E-state index contributed by atoms with van der Waals surface area (Å²) in [5.74, 6) is 0. The predicted octanol–water partition coefficient (Wildman–Crippen LogP) is 2.74. The Labute approximate surface area is 117 Å². The quantitative estimate of drug-likeness (QED) is 0.785. The van der Waals surface area contributed by atoms with Gasteiger partial charge in [-0.3, -0.25) is 9.59 Å². The smallest absolute Gasteiger partial charge is 0.261 e. The summed E-state index contributed by atoms with van der Waals surface area (Å²) in [5.41, 5.74) is 4.68. The van der Waals surface area contributed by atoms with Gasteiger partial charge in [0.1, 0.15) is 0 Å². The largest absolute Gasteiger partial charge is 0.311 e. The second-order valence-corrected chi connectivity index (χ2v) is 5.35. The summed E-state index contributed by atoms with van der Waals surface area (Å²) in [6.07, 6.45) is 5.37. The fourth-order valence-corrected chi connectivity index (χ4v) is 2.93. The van der Waals surface area contributed by atoms with E-state index in [0.717, 1.165) is 24.1 Å². The summed E-state index contributed by atoms with van der Waals surface area (Å²) in [6, 6.07) is 9.87. The van der Waals surface area contributed by atoms with Gasteiger partial charge < -0.3 is 4.57 Å². The van der Waals surface area contributed by atoms with E-state index < -0.39 is 0 Å². The van der Waals surface area contributed by atoms with Crippen LogP contribution < -0.4 is 5.56 Å². The molecule has 0 fully saturated rings. The number of carbonyl (C=O) groups excluding carboxylic acids is 1. The van der Waals surface area contributed by atoms with Gasteiger partial charge in [-0.2, -0.15) is 0 Å². The molecule has 0 N–H and O–H groups in total. The zero-order valence-electron chi connectivity index (χ0n) is 11.6. The van der Waals surface area contributed by atoms with Crippen LogP contribution in [0.5, 0.6) is 0 Å². The van der Waals surface area contributed by atoms with Crippen molar-refractivity contribution < 1.29 is 4.79 Å². The number of aromatic nitrogens is 1. The summed E-state index contributed by atoms with van der Waals surface area (Å²) < 4.78 is 1.55. The van der Waals surface area contributed by atoms with Gasteiger partial charge in [0, 0.05) is 7.05 Å². The number of fused-ring (bicyclic) bond motifs is 1. The van der Waals surface area contributed by atoms with Crippen LogP contribution in [-0.4, -0.2) is 10.9 Å². The Morgan fingerprint density at radius 3 is 2.55 bits per heavy atom. The molecule has 0 unspecified atom stereocenters. The molecule has 20 heavy (non-hydrogen) atoms. The molecule has 0 bridgehead atoms. The molecule has 0 aliphatic heterocycles. The van der Waals surface area contributed by atoms with Crippen LogP contribution in [0.15, 0.2) is 35.1 Å². The van der Waals surface area contributed by atoms with Crippen molar-refractivity contribution in [3.05, 3.63) is 57.4 Å². The Hall–Kier alpha value is -2.16. The Morgan fingerprint density at radius 2 is 1.80 bits per heavy atom. The minimum atomic E-state index is -0.241. The van der Waals surface area contributed by atoms with Crippen molar-refractivity contribution in [3.63, 3.8) is 0 Å². The first-order valence-electron chi connectivity index (χ1n) is 6.98. The zero-order valence-corrected chi connectivity index (χ0v) is 11.6. The summed E-state index contributed by atoms with van der Waals surface area (Å²) in [7, 11) is 1.71. The maximum Gasteiger partial charge on any atom is 0.261 e. The molecule has 0 saturated heterocycles. The van der Waals surface area contributed by atoms with E-state index in [4.69, 9.17) is 0 Å². The predicted molar refractivity (Wildman–Crippen MR) is 79.1 cm³/mol. The first-order valence-corrected chi connectivity index (χ1v) is 6.98. The van der Waals surface area contributed by atoms with Crippen LogP contribution in [0.3, 0.4) is 0 Å². The number of benzene rings is 1. The molecule has 1 aromatic carbocycles. The lowest BCUT2D eigenvalue weighted by molar-refractivity contribution is 0.112. The molecule has 1 heterocycles. The molecule has 0 atom stereocenters. The number of nitrogens with zero attached hydrogens (tertiary/aromatic N) is 1. The van der Waals surface area contributed by atoms with Crippen LogP contribution in [0.4, 0.5) is 0 Å². The summed E-state index contributed by atoms with van der Waals surface area (Å²) in [5, 5.41) is 0. The van der Waals surface area contributed by atoms with E-state index in [0.29, 0.717) is 6.29 Å². The lowest BCUT2D eigenvalue weighted by Crippen LogP contribution is -2.21. The van der Waals surface area contributed by atoms with E-state index in [1.54, 1.807) is 17.7 Å². The molecule has 3 rings (SSSR count). The molecule has 0 amide bonds. The Balaban J connectivity index is 2.12.